The molecule has 1 N–H and O–H groups in total. The molecule has 2 aromatic carbocycles. The second-order valence-corrected chi connectivity index (χ2v) is 7.22. The Kier molecular flexibility index (Phi) is 5.89. The van der Waals surface area contributed by atoms with Crippen LogP contribution in [0.2, 0.25) is 0 Å². The van der Waals surface area contributed by atoms with Crippen LogP contribution in [0.1, 0.15) is 35.6 Å². The molecule has 5 heteroatoms. The first-order valence-corrected chi connectivity index (χ1v) is 9.32. The van der Waals surface area contributed by atoms with Crippen LogP contribution in [0.5, 0.6) is 0 Å². The molecule has 0 radical (unpaired) electrons. The Morgan fingerprint density at radius 3 is 2.58 bits per heavy atom. The molecule has 0 heterocycles. The average Bonchev–Trinajstić information content (AvgIpc) is 3.43. The zero-order valence-corrected chi connectivity index (χ0v) is 16.0. The maximum atomic E-state index is 12.5. The Labute approximate surface area is 161 Å². The van der Waals surface area contributed by atoms with Gasteiger partial charge in [-0.1, -0.05) is 58.4 Å². The third-order valence-electron chi connectivity index (χ3n) is 4.05. The molecule has 1 fully saturated rings. The number of benzene rings is 2. The van der Waals surface area contributed by atoms with Crippen LogP contribution in [0.3, 0.4) is 0 Å². The van der Waals surface area contributed by atoms with Gasteiger partial charge in [-0.15, -0.1) is 0 Å². The second kappa shape index (κ2) is 8.32. The van der Waals surface area contributed by atoms with Gasteiger partial charge in [0.15, 0.2) is 0 Å². The van der Waals surface area contributed by atoms with E-state index < -0.39 is 12.1 Å². The van der Waals surface area contributed by atoms with Crippen molar-refractivity contribution >= 4 is 33.9 Å². The van der Waals surface area contributed by atoms with E-state index in [9.17, 15) is 9.59 Å². The minimum Gasteiger partial charge on any atom is -0.444 e. The number of hydrogen-bond acceptors (Lipinski definition) is 3. The van der Waals surface area contributed by atoms with E-state index in [1.165, 1.54) is 6.08 Å². The van der Waals surface area contributed by atoms with Gasteiger partial charge in [-0.05, 0) is 43.0 Å². The molecule has 1 aliphatic carbocycles. The molecule has 1 saturated carbocycles. The number of halogens is 1. The van der Waals surface area contributed by atoms with Crippen molar-refractivity contribution in [2.75, 3.05) is 0 Å². The molecule has 0 saturated heterocycles. The van der Waals surface area contributed by atoms with E-state index in [0.717, 1.165) is 28.4 Å². The van der Waals surface area contributed by atoms with Gasteiger partial charge in [-0.2, -0.15) is 0 Å². The summed E-state index contributed by atoms with van der Waals surface area (Å²) in [5, 5.41) is 2.90. The SMILES string of the molecule is Cc1ccc(/C=C/C(=O)O[C@H](C(=O)NC2CC2)c2ccccc2)c(Br)c1. The smallest absolute Gasteiger partial charge is 0.331 e. The summed E-state index contributed by atoms with van der Waals surface area (Å²) in [5.74, 6) is -0.839. The zero-order valence-electron chi connectivity index (χ0n) is 14.4. The van der Waals surface area contributed by atoms with Gasteiger partial charge in [0, 0.05) is 22.2 Å². The zero-order chi connectivity index (χ0) is 18.5. The lowest BCUT2D eigenvalue weighted by molar-refractivity contribution is -0.151. The van der Waals surface area contributed by atoms with Crippen molar-refractivity contribution in [1.82, 2.24) is 5.32 Å². The van der Waals surface area contributed by atoms with Crippen molar-refractivity contribution in [3.05, 3.63) is 75.8 Å². The number of amides is 1. The quantitative estimate of drug-likeness (QED) is 0.566. The highest BCUT2D eigenvalue weighted by Gasteiger charge is 2.30. The molecule has 0 bridgehead atoms. The number of aryl methyl sites for hydroxylation is 1. The maximum Gasteiger partial charge on any atom is 0.331 e. The lowest BCUT2D eigenvalue weighted by Gasteiger charge is -2.17. The van der Waals surface area contributed by atoms with Gasteiger partial charge >= 0.3 is 5.97 Å². The van der Waals surface area contributed by atoms with Gasteiger partial charge in [0.2, 0.25) is 6.10 Å². The highest BCUT2D eigenvalue weighted by molar-refractivity contribution is 9.10. The van der Waals surface area contributed by atoms with Crippen LogP contribution in [0.4, 0.5) is 0 Å². The fourth-order valence-corrected chi connectivity index (χ4v) is 3.11. The molecular formula is C21H20BrNO3. The predicted molar refractivity (Wildman–Crippen MR) is 104 cm³/mol. The monoisotopic (exact) mass is 413 g/mol. The van der Waals surface area contributed by atoms with Crippen molar-refractivity contribution in [3.8, 4) is 0 Å². The van der Waals surface area contributed by atoms with Crippen LogP contribution < -0.4 is 5.32 Å². The number of hydrogen-bond donors (Lipinski definition) is 1. The molecule has 1 atom stereocenters. The Balaban J connectivity index is 1.72. The molecule has 2 aromatic rings. The number of rotatable bonds is 6. The minimum absolute atomic E-state index is 0.200. The van der Waals surface area contributed by atoms with Crippen LogP contribution in [0, 0.1) is 6.92 Å². The van der Waals surface area contributed by atoms with E-state index in [1.54, 1.807) is 18.2 Å². The molecule has 4 nitrogen and oxygen atoms in total. The van der Waals surface area contributed by atoms with Gasteiger partial charge in [0.25, 0.3) is 5.91 Å². The normalized spacial score (nSPS) is 14.8. The molecule has 3 rings (SSSR count). The van der Waals surface area contributed by atoms with Crippen molar-refractivity contribution < 1.29 is 14.3 Å². The van der Waals surface area contributed by atoms with Crippen molar-refractivity contribution in [1.29, 1.82) is 0 Å². The minimum atomic E-state index is -0.949. The maximum absolute atomic E-state index is 12.5. The Hall–Kier alpha value is -2.40. The third kappa shape index (κ3) is 5.05. The molecule has 134 valence electrons. The Morgan fingerprint density at radius 1 is 1.19 bits per heavy atom. The average molecular weight is 414 g/mol. The predicted octanol–water partition coefficient (Wildman–Crippen LogP) is 4.33. The Morgan fingerprint density at radius 2 is 1.92 bits per heavy atom. The van der Waals surface area contributed by atoms with Crippen LogP contribution >= 0.6 is 15.9 Å². The van der Waals surface area contributed by atoms with Crippen LogP contribution in [-0.4, -0.2) is 17.9 Å². The fourth-order valence-electron chi connectivity index (χ4n) is 2.49. The van der Waals surface area contributed by atoms with E-state index >= 15 is 0 Å². The van der Waals surface area contributed by atoms with Crippen LogP contribution in [-0.2, 0) is 14.3 Å². The molecule has 1 aliphatic rings. The fraction of sp³-hybridized carbons (Fsp3) is 0.238. The molecular weight excluding hydrogens is 394 g/mol. The van der Waals surface area contributed by atoms with E-state index in [0.29, 0.717) is 5.56 Å². The van der Waals surface area contributed by atoms with Crippen molar-refractivity contribution in [2.24, 2.45) is 0 Å². The summed E-state index contributed by atoms with van der Waals surface area (Å²) >= 11 is 3.47. The number of esters is 1. The lowest BCUT2D eigenvalue weighted by atomic mass is 10.1. The first kappa shape index (κ1) is 18.4. The largest absolute Gasteiger partial charge is 0.444 e. The van der Waals surface area contributed by atoms with Gasteiger partial charge in [-0.25, -0.2) is 4.79 Å². The summed E-state index contributed by atoms with van der Waals surface area (Å²) in [4.78, 5) is 24.8. The molecule has 0 aliphatic heterocycles. The number of carbonyl (C=O) groups is 2. The first-order valence-electron chi connectivity index (χ1n) is 8.53. The second-order valence-electron chi connectivity index (χ2n) is 6.37. The lowest BCUT2D eigenvalue weighted by Crippen LogP contribution is -2.33. The van der Waals surface area contributed by atoms with Gasteiger partial charge in [-0.3, -0.25) is 4.79 Å². The molecule has 26 heavy (non-hydrogen) atoms. The summed E-state index contributed by atoms with van der Waals surface area (Å²) < 4.78 is 6.36. The third-order valence-corrected chi connectivity index (χ3v) is 4.74. The van der Waals surface area contributed by atoms with Gasteiger partial charge < -0.3 is 10.1 Å². The standard InChI is InChI=1S/C21H20BrNO3/c1-14-7-8-15(18(22)13-14)9-12-19(24)26-20(16-5-3-2-4-6-16)21(25)23-17-10-11-17/h2-9,12-13,17,20H,10-11H2,1H3,(H,23,25)/b12-9+/t20-/m0/s1. The first-order chi connectivity index (χ1) is 12.5. The van der Waals surface area contributed by atoms with Crippen LogP contribution in [0.25, 0.3) is 6.08 Å². The highest BCUT2D eigenvalue weighted by atomic mass is 79.9. The number of nitrogens with one attached hydrogen (secondary N) is 1. The van der Waals surface area contributed by atoms with Gasteiger partial charge in [0.1, 0.15) is 0 Å². The van der Waals surface area contributed by atoms with E-state index in [-0.39, 0.29) is 11.9 Å². The van der Waals surface area contributed by atoms with Crippen molar-refractivity contribution in [3.63, 3.8) is 0 Å². The summed E-state index contributed by atoms with van der Waals surface area (Å²) in [6.45, 7) is 2.00. The number of ether oxygens (including phenoxy) is 1. The van der Waals surface area contributed by atoms with E-state index in [4.69, 9.17) is 4.74 Å². The highest BCUT2D eigenvalue weighted by Crippen LogP contribution is 2.24. The summed E-state index contributed by atoms with van der Waals surface area (Å²) in [6, 6.07) is 15.1. The van der Waals surface area contributed by atoms with E-state index in [1.807, 2.05) is 43.3 Å². The molecule has 0 aromatic heterocycles. The number of carbonyl (C=O) groups excluding carboxylic acids is 2. The topological polar surface area (TPSA) is 55.4 Å². The van der Waals surface area contributed by atoms with Crippen LogP contribution in [0.15, 0.2) is 59.1 Å². The van der Waals surface area contributed by atoms with E-state index in [2.05, 4.69) is 21.2 Å². The molecule has 1 amide bonds. The molecule has 0 spiro atoms. The van der Waals surface area contributed by atoms with Gasteiger partial charge in [0.05, 0.1) is 0 Å². The van der Waals surface area contributed by atoms with Crippen molar-refractivity contribution in [2.45, 2.75) is 31.9 Å². The summed E-state index contributed by atoms with van der Waals surface area (Å²) in [6.07, 6.45) is 4.02. The Bertz CT molecular complexity index is 828. The molecule has 0 unspecified atom stereocenters. The summed E-state index contributed by atoms with van der Waals surface area (Å²) in [5.41, 5.74) is 2.65. The summed E-state index contributed by atoms with van der Waals surface area (Å²) in [7, 11) is 0.